The van der Waals surface area contributed by atoms with Crippen molar-refractivity contribution >= 4 is 17.7 Å². The summed E-state index contributed by atoms with van der Waals surface area (Å²) in [4.78, 5) is 40.8. The van der Waals surface area contributed by atoms with Crippen LogP contribution in [0.1, 0.15) is 31.2 Å². The monoisotopic (exact) mass is 366 g/mol. The number of hydrogen-bond acceptors (Lipinski definition) is 3. The average Bonchev–Trinajstić information content (AvgIpc) is 2.94. The first-order valence-electron chi connectivity index (χ1n) is 9.95. The highest BCUT2D eigenvalue weighted by Gasteiger charge is 2.47. The van der Waals surface area contributed by atoms with Gasteiger partial charge in [-0.3, -0.25) is 19.3 Å². The lowest BCUT2D eigenvalue weighted by molar-refractivity contribution is -0.147. The fourth-order valence-corrected chi connectivity index (χ4v) is 4.59. The van der Waals surface area contributed by atoms with Crippen LogP contribution in [0.5, 0.6) is 0 Å². The number of piperidine rings is 1. The topological polar surface area (TPSA) is 57.7 Å². The maximum atomic E-state index is 12.7. The normalized spacial score (nSPS) is 25.8. The Balaban J connectivity index is 1.30. The molecule has 0 unspecified atom stereocenters. The minimum absolute atomic E-state index is 0.0893. The van der Waals surface area contributed by atoms with Gasteiger partial charge in [0.25, 0.3) is 0 Å². The zero-order valence-electron chi connectivity index (χ0n) is 15.5. The van der Waals surface area contributed by atoms with E-state index in [0.29, 0.717) is 31.8 Å². The number of rotatable bonds is 4. The number of hydrogen-bond donors (Lipinski definition) is 0. The molecule has 5 nitrogen and oxygen atoms in total. The molecule has 0 aromatic heterocycles. The molecule has 0 bridgehead atoms. The molecular formula is C22H26N2O3. The van der Waals surface area contributed by atoms with Crippen molar-refractivity contribution in [3.8, 4) is 0 Å². The Morgan fingerprint density at radius 2 is 1.52 bits per heavy atom. The quantitative estimate of drug-likeness (QED) is 0.607. The highest BCUT2D eigenvalue weighted by molar-refractivity contribution is 6.07. The van der Waals surface area contributed by atoms with Crippen molar-refractivity contribution in [2.45, 2.75) is 32.1 Å². The molecule has 2 saturated heterocycles. The van der Waals surface area contributed by atoms with Crippen LogP contribution in [0.25, 0.3) is 0 Å². The summed E-state index contributed by atoms with van der Waals surface area (Å²) in [6.45, 7) is 1.33. The lowest BCUT2D eigenvalue weighted by atomic mass is 9.85. The Labute approximate surface area is 160 Å². The van der Waals surface area contributed by atoms with Crippen molar-refractivity contribution in [3.63, 3.8) is 0 Å². The summed E-state index contributed by atoms with van der Waals surface area (Å²) in [5.74, 6) is -0.357. The SMILES string of the molecule is O=C(CN1C(=O)[C@H]2CC=CC[C@@H]2C1=O)N1CCC(Cc2ccccc2)CC1. The second-order valence-electron chi connectivity index (χ2n) is 7.93. The molecule has 0 spiro atoms. The van der Waals surface area contributed by atoms with Crippen molar-refractivity contribution in [2.24, 2.45) is 17.8 Å². The van der Waals surface area contributed by atoms with Gasteiger partial charge in [0, 0.05) is 13.1 Å². The van der Waals surface area contributed by atoms with Gasteiger partial charge in [-0.15, -0.1) is 0 Å². The number of carbonyl (C=O) groups is 3. The van der Waals surface area contributed by atoms with Gasteiger partial charge in [0.15, 0.2) is 0 Å². The summed E-state index contributed by atoms with van der Waals surface area (Å²) in [6, 6.07) is 10.4. The van der Waals surface area contributed by atoms with Crippen molar-refractivity contribution < 1.29 is 14.4 Å². The standard InChI is InChI=1S/C22H26N2O3/c25-20(15-24-21(26)18-8-4-5-9-19(18)22(24)27)23-12-10-17(11-13-23)14-16-6-2-1-3-7-16/h1-7,17-19H,8-15H2/t18-,19-/m0/s1. The van der Waals surface area contributed by atoms with Gasteiger partial charge in [0.05, 0.1) is 11.8 Å². The first kappa shape index (κ1) is 18.0. The minimum Gasteiger partial charge on any atom is -0.341 e. The molecule has 3 aliphatic rings. The van der Waals surface area contributed by atoms with Crippen LogP contribution in [0.15, 0.2) is 42.5 Å². The van der Waals surface area contributed by atoms with E-state index >= 15 is 0 Å². The largest absolute Gasteiger partial charge is 0.341 e. The number of carbonyl (C=O) groups excluding carboxylic acids is 3. The van der Waals surface area contributed by atoms with Gasteiger partial charge in [0.1, 0.15) is 6.54 Å². The van der Waals surface area contributed by atoms with Crippen molar-refractivity contribution in [3.05, 3.63) is 48.0 Å². The summed E-state index contributed by atoms with van der Waals surface area (Å²) < 4.78 is 0. The van der Waals surface area contributed by atoms with Gasteiger partial charge >= 0.3 is 0 Å². The number of nitrogens with zero attached hydrogens (tertiary/aromatic N) is 2. The van der Waals surface area contributed by atoms with Crippen LogP contribution in [0, 0.1) is 17.8 Å². The molecule has 0 radical (unpaired) electrons. The third-order valence-corrected chi connectivity index (χ3v) is 6.23. The Hall–Kier alpha value is -2.43. The van der Waals surface area contributed by atoms with Crippen LogP contribution in [-0.2, 0) is 20.8 Å². The van der Waals surface area contributed by atoms with Crippen LogP contribution in [0.4, 0.5) is 0 Å². The van der Waals surface area contributed by atoms with E-state index in [1.54, 1.807) is 0 Å². The summed E-state index contributed by atoms with van der Waals surface area (Å²) in [5.41, 5.74) is 1.34. The van der Waals surface area contributed by atoms with Gasteiger partial charge in [0.2, 0.25) is 17.7 Å². The average molecular weight is 366 g/mol. The fraction of sp³-hybridized carbons (Fsp3) is 0.500. The first-order chi connectivity index (χ1) is 13.1. The number of likely N-dealkylation sites (tertiary alicyclic amines) is 2. The van der Waals surface area contributed by atoms with Crippen molar-refractivity contribution in [1.82, 2.24) is 9.80 Å². The molecule has 2 heterocycles. The maximum Gasteiger partial charge on any atom is 0.242 e. The van der Waals surface area contributed by atoms with Gasteiger partial charge < -0.3 is 4.90 Å². The van der Waals surface area contributed by atoms with Gasteiger partial charge in [-0.2, -0.15) is 0 Å². The first-order valence-corrected chi connectivity index (χ1v) is 9.95. The van der Waals surface area contributed by atoms with E-state index in [2.05, 4.69) is 24.3 Å². The predicted molar refractivity (Wildman–Crippen MR) is 102 cm³/mol. The Kier molecular flexibility index (Phi) is 5.10. The molecule has 2 atom stereocenters. The summed E-state index contributed by atoms with van der Waals surface area (Å²) in [7, 11) is 0. The lowest BCUT2D eigenvalue weighted by Gasteiger charge is -2.33. The van der Waals surface area contributed by atoms with E-state index in [4.69, 9.17) is 0 Å². The molecule has 0 N–H and O–H groups in total. The molecule has 5 heteroatoms. The molecule has 0 saturated carbocycles. The van der Waals surface area contributed by atoms with E-state index in [0.717, 1.165) is 19.3 Å². The van der Waals surface area contributed by atoms with Crippen LogP contribution in [0.2, 0.25) is 0 Å². The van der Waals surface area contributed by atoms with Crippen molar-refractivity contribution in [1.29, 1.82) is 0 Å². The number of imide groups is 1. The molecule has 1 aromatic carbocycles. The summed E-state index contributed by atoms with van der Waals surface area (Å²) >= 11 is 0. The third kappa shape index (κ3) is 3.68. The van der Waals surface area contributed by atoms with E-state index in [1.807, 2.05) is 23.1 Å². The van der Waals surface area contributed by atoms with Gasteiger partial charge in [-0.1, -0.05) is 42.5 Å². The number of fused-ring (bicyclic) bond motifs is 1. The molecule has 2 fully saturated rings. The number of benzene rings is 1. The molecule has 2 aliphatic heterocycles. The van der Waals surface area contributed by atoms with E-state index in [9.17, 15) is 14.4 Å². The van der Waals surface area contributed by atoms with Crippen LogP contribution < -0.4 is 0 Å². The molecular weight excluding hydrogens is 340 g/mol. The molecule has 1 aromatic rings. The molecule has 1 aliphatic carbocycles. The second kappa shape index (κ2) is 7.67. The molecule has 27 heavy (non-hydrogen) atoms. The molecule has 3 amide bonds. The van der Waals surface area contributed by atoms with Gasteiger partial charge in [-0.05, 0) is 43.6 Å². The fourth-order valence-electron chi connectivity index (χ4n) is 4.59. The lowest BCUT2D eigenvalue weighted by Crippen LogP contribution is -2.46. The second-order valence-corrected chi connectivity index (χ2v) is 7.93. The predicted octanol–water partition coefficient (Wildman–Crippen LogP) is 2.42. The van der Waals surface area contributed by atoms with Crippen molar-refractivity contribution in [2.75, 3.05) is 19.6 Å². The highest BCUT2D eigenvalue weighted by Crippen LogP contribution is 2.35. The Bertz CT molecular complexity index is 724. The Morgan fingerprint density at radius 1 is 0.926 bits per heavy atom. The number of allylic oxidation sites excluding steroid dienone is 2. The van der Waals surface area contributed by atoms with E-state index < -0.39 is 0 Å². The van der Waals surface area contributed by atoms with E-state index in [1.165, 1.54) is 10.5 Å². The van der Waals surface area contributed by atoms with Crippen LogP contribution in [0.3, 0.4) is 0 Å². The zero-order valence-corrected chi connectivity index (χ0v) is 15.5. The van der Waals surface area contributed by atoms with Crippen LogP contribution in [-0.4, -0.2) is 47.2 Å². The summed E-state index contributed by atoms with van der Waals surface area (Å²) in [6.07, 6.45) is 8.15. The van der Waals surface area contributed by atoms with E-state index in [-0.39, 0.29) is 36.1 Å². The highest BCUT2D eigenvalue weighted by atomic mass is 16.2. The Morgan fingerprint density at radius 3 is 2.11 bits per heavy atom. The third-order valence-electron chi connectivity index (χ3n) is 6.23. The molecule has 142 valence electrons. The molecule has 4 rings (SSSR count). The maximum absolute atomic E-state index is 12.7. The minimum atomic E-state index is -0.257. The van der Waals surface area contributed by atoms with Gasteiger partial charge in [-0.25, -0.2) is 0 Å². The smallest absolute Gasteiger partial charge is 0.242 e. The van der Waals surface area contributed by atoms with Crippen LogP contribution >= 0.6 is 0 Å². The zero-order chi connectivity index (χ0) is 18.8. The number of amides is 3. The summed E-state index contributed by atoms with van der Waals surface area (Å²) in [5, 5.41) is 0.